The topological polar surface area (TPSA) is 164 Å². The van der Waals surface area contributed by atoms with E-state index in [1.807, 2.05) is 13.8 Å². The molecule has 4 N–H and O–H groups in total. The number of nitro benzene ring substituents is 1. The van der Waals surface area contributed by atoms with E-state index in [0.29, 0.717) is 16.1 Å². The summed E-state index contributed by atoms with van der Waals surface area (Å²) in [5.41, 5.74) is 1.40. The Morgan fingerprint density at radius 1 is 1.12 bits per heavy atom. The SMILES string of the molecule is CN=C(N=NN)Sc1ccc([N+](=O)[O-])cc1C(=O)Nc1ccc(C(C)C)c(C(=O)NC)c1. The number of nitrogens with two attached hydrogens (primary N) is 1. The Hall–Kier alpha value is -3.80. The molecule has 2 aromatic rings. The molecule has 168 valence electrons. The van der Waals surface area contributed by atoms with Crippen LogP contribution in [-0.2, 0) is 0 Å². The van der Waals surface area contributed by atoms with Crippen molar-refractivity contribution in [3.63, 3.8) is 0 Å². The molecule has 2 rings (SSSR count). The van der Waals surface area contributed by atoms with Gasteiger partial charge in [-0.05, 0) is 41.4 Å². The highest BCUT2D eigenvalue weighted by molar-refractivity contribution is 8.14. The molecule has 0 fully saturated rings. The van der Waals surface area contributed by atoms with Gasteiger partial charge in [0.2, 0.25) is 5.17 Å². The average molecular weight is 458 g/mol. The number of anilines is 1. The largest absolute Gasteiger partial charge is 0.355 e. The van der Waals surface area contributed by atoms with Crippen molar-refractivity contribution in [2.75, 3.05) is 19.4 Å². The lowest BCUT2D eigenvalue weighted by molar-refractivity contribution is -0.384. The molecule has 0 saturated heterocycles. The lowest BCUT2D eigenvalue weighted by atomic mass is 9.96. The lowest BCUT2D eigenvalue weighted by Gasteiger charge is -2.15. The number of benzene rings is 2. The summed E-state index contributed by atoms with van der Waals surface area (Å²) in [6, 6.07) is 8.85. The fourth-order valence-electron chi connectivity index (χ4n) is 2.82. The van der Waals surface area contributed by atoms with E-state index in [0.717, 1.165) is 23.4 Å². The molecule has 0 spiro atoms. The first kappa shape index (κ1) is 24.5. The van der Waals surface area contributed by atoms with E-state index in [1.54, 1.807) is 18.2 Å². The van der Waals surface area contributed by atoms with Crippen LogP contribution in [-0.4, -0.2) is 36.0 Å². The first-order chi connectivity index (χ1) is 15.2. The van der Waals surface area contributed by atoms with Crippen LogP contribution in [0.2, 0.25) is 0 Å². The van der Waals surface area contributed by atoms with Crippen molar-refractivity contribution in [1.29, 1.82) is 0 Å². The van der Waals surface area contributed by atoms with Crippen LogP contribution in [0.25, 0.3) is 0 Å². The number of rotatable bonds is 6. The fraction of sp³-hybridized carbons (Fsp3) is 0.250. The van der Waals surface area contributed by atoms with Gasteiger partial charge in [-0.15, -0.1) is 5.11 Å². The van der Waals surface area contributed by atoms with Crippen LogP contribution in [0.5, 0.6) is 0 Å². The van der Waals surface area contributed by atoms with Crippen molar-refractivity contribution in [2.24, 2.45) is 21.2 Å². The number of thioether (sulfide) groups is 1. The van der Waals surface area contributed by atoms with Gasteiger partial charge < -0.3 is 16.5 Å². The molecular formula is C20H23N7O4S. The zero-order chi connectivity index (χ0) is 23.8. The van der Waals surface area contributed by atoms with E-state index in [9.17, 15) is 19.7 Å². The number of nitro groups is 1. The second kappa shape index (κ2) is 11.0. The first-order valence-electron chi connectivity index (χ1n) is 9.43. The van der Waals surface area contributed by atoms with Crippen LogP contribution in [0.4, 0.5) is 11.4 Å². The standard InChI is InChI=1S/C20H23N7O4S/c1-11(2)14-7-5-12(9-15(14)18(28)22-3)24-19(29)16-10-13(27(30)31)6-8-17(16)32-20(23-4)25-26-21/h5-11H,1-4H3,(H,22,28)(H,24,29)(H2,21,23,25). The van der Waals surface area contributed by atoms with E-state index < -0.39 is 10.8 Å². The monoisotopic (exact) mass is 457 g/mol. The molecule has 0 aliphatic rings. The second-order valence-corrected chi connectivity index (χ2v) is 7.76. The van der Waals surface area contributed by atoms with Crippen molar-refractivity contribution >= 4 is 40.1 Å². The van der Waals surface area contributed by atoms with Gasteiger partial charge in [-0.1, -0.05) is 25.1 Å². The molecule has 2 aromatic carbocycles. The zero-order valence-electron chi connectivity index (χ0n) is 17.9. The molecule has 0 bridgehead atoms. The number of amides is 2. The molecule has 0 atom stereocenters. The van der Waals surface area contributed by atoms with Gasteiger partial charge in [0.1, 0.15) is 0 Å². The number of amidine groups is 1. The minimum absolute atomic E-state index is 0.0343. The number of nitrogens with one attached hydrogen (secondary N) is 2. The molecule has 0 saturated carbocycles. The Kier molecular flexibility index (Phi) is 8.41. The summed E-state index contributed by atoms with van der Waals surface area (Å²) in [5.74, 6) is 4.28. The Morgan fingerprint density at radius 3 is 2.41 bits per heavy atom. The molecule has 0 radical (unpaired) electrons. The number of nitrogens with zero attached hydrogens (tertiary/aromatic N) is 4. The van der Waals surface area contributed by atoms with Crippen molar-refractivity contribution in [1.82, 2.24) is 5.32 Å². The van der Waals surface area contributed by atoms with Gasteiger partial charge in [0.05, 0.1) is 10.5 Å². The summed E-state index contributed by atoms with van der Waals surface area (Å²) >= 11 is 0.979. The van der Waals surface area contributed by atoms with E-state index in [-0.39, 0.29) is 28.2 Å². The molecule has 0 aliphatic heterocycles. The van der Waals surface area contributed by atoms with Crippen LogP contribution in [0.1, 0.15) is 46.0 Å². The van der Waals surface area contributed by atoms with Crippen LogP contribution in [0, 0.1) is 10.1 Å². The Bertz CT molecular complexity index is 1100. The summed E-state index contributed by atoms with van der Waals surface area (Å²) in [6.07, 6.45) is 0. The van der Waals surface area contributed by atoms with Crippen LogP contribution in [0.15, 0.2) is 56.6 Å². The number of hydrogen-bond donors (Lipinski definition) is 3. The maximum absolute atomic E-state index is 13.0. The lowest BCUT2D eigenvalue weighted by Crippen LogP contribution is -2.21. The highest BCUT2D eigenvalue weighted by Crippen LogP contribution is 2.30. The van der Waals surface area contributed by atoms with E-state index in [2.05, 4.69) is 26.0 Å². The molecule has 32 heavy (non-hydrogen) atoms. The van der Waals surface area contributed by atoms with Gasteiger partial charge in [0, 0.05) is 42.4 Å². The third kappa shape index (κ3) is 5.88. The minimum Gasteiger partial charge on any atom is -0.355 e. The Balaban J connectivity index is 2.46. The number of hydrogen-bond acceptors (Lipinski definition) is 7. The average Bonchev–Trinajstić information content (AvgIpc) is 2.77. The van der Waals surface area contributed by atoms with Crippen LogP contribution < -0.4 is 16.5 Å². The second-order valence-electron chi connectivity index (χ2n) is 6.75. The number of non-ortho nitro benzene ring substituents is 1. The van der Waals surface area contributed by atoms with Gasteiger partial charge in [-0.25, -0.2) is 0 Å². The molecule has 12 heteroatoms. The zero-order valence-corrected chi connectivity index (χ0v) is 18.8. The predicted octanol–water partition coefficient (Wildman–Crippen LogP) is 3.73. The van der Waals surface area contributed by atoms with Gasteiger partial charge in [0.25, 0.3) is 17.5 Å². The number of carbonyl (C=O) groups is 2. The summed E-state index contributed by atoms with van der Waals surface area (Å²) in [7, 11) is 2.99. The maximum Gasteiger partial charge on any atom is 0.270 e. The van der Waals surface area contributed by atoms with Crippen molar-refractivity contribution < 1.29 is 14.5 Å². The maximum atomic E-state index is 13.0. The number of aliphatic imine (C=N–C) groups is 1. The minimum atomic E-state index is -0.600. The van der Waals surface area contributed by atoms with Gasteiger partial charge >= 0.3 is 0 Å². The van der Waals surface area contributed by atoms with E-state index >= 15 is 0 Å². The molecule has 0 heterocycles. The normalized spacial score (nSPS) is 11.6. The Morgan fingerprint density at radius 2 is 1.84 bits per heavy atom. The quantitative estimate of drug-likeness (QED) is 0.114. The predicted molar refractivity (Wildman–Crippen MR) is 123 cm³/mol. The molecular weight excluding hydrogens is 434 g/mol. The molecule has 11 nitrogen and oxygen atoms in total. The van der Waals surface area contributed by atoms with Crippen LogP contribution in [0.3, 0.4) is 0 Å². The smallest absolute Gasteiger partial charge is 0.270 e. The van der Waals surface area contributed by atoms with Gasteiger partial charge in [-0.2, -0.15) is 0 Å². The van der Waals surface area contributed by atoms with Gasteiger partial charge in [-0.3, -0.25) is 24.7 Å². The summed E-state index contributed by atoms with van der Waals surface area (Å²) in [6.45, 7) is 3.91. The Labute approximate surface area is 188 Å². The van der Waals surface area contributed by atoms with Gasteiger partial charge in [0.15, 0.2) is 0 Å². The highest BCUT2D eigenvalue weighted by atomic mass is 32.2. The fourth-order valence-corrected chi connectivity index (χ4v) is 3.60. The summed E-state index contributed by atoms with van der Waals surface area (Å²) < 4.78 is 0. The molecule has 2 amide bonds. The number of carbonyl (C=O) groups excluding carboxylic acids is 2. The summed E-state index contributed by atoms with van der Waals surface area (Å²) in [4.78, 5) is 40.2. The molecule has 0 aliphatic carbocycles. The third-order valence-electron chi connectivity index (χ3n) is 4.36. The molecule has 0 unspecified atom stereocenters. The van der Waals surface area contributed by atoms with Crippen molar-refractivity contribution in [3.05, 3.63) is 63.2 Å². The third-order valence-corrected chi connectivity index (χ3v) is 5.38. The van der Waals surface area contributed by atoms with Crippen molar-refractivity contribution in [2.45, 2.75) is 24.7 Å². The summed E-state index contributed by atoms with van der Waals surface area (Å²) in [5, 5.41) is 23.5. The van der Waals surface area contributed by atoms with E-state index in [4.69, 9.17) is 5.84 Å². The van der Waals surface area contributed by atoms with E-state index in [1.165, 1.54) is 26.2 Å². The van der Waals surface area contributed by atoms with Crippen LogP contribution >= 0.6 is 11.8 Å². The highest BCUT2D eigenvalue weighted by Gasteiger charge is 2.20. The van der Waals surface area contributed by atoms with Crippen molar-refractivity contribution in [3.8, 4) is 0 Å². The first-order valence-corrected chi connectivity index (χ1v) is 10.2. The molecule has 0 aromatic heterocycles.